The highest BCUT2D eigenvalue weighted by Gasteiger charge is 2.03. The van der Waals surface area contributed by atoms with Gasteiger partial charge in [0.25, 0.3) is 0 Å². The summed E-state index contributed by atoms with van der Waals surface area (Å²) in [5, 5.41) is 0. The first-order valence-electron chi connectivity index (χ1n) is 5.42. The SMILES string of the molecule is CC(CCl)COc1cccc(C(C)C)c1. The maximum absolute atomic E-state index is 5.72. The van der Waals surface area contributed by atoms with Crippen LogP contribution in [0.2, 0.25) is 0 Å². The van der Waals surface area contributed by atoms with Crippen molar-refractivity contribution in [2.24, 2.45) is 5.92 Å². The number of benzene rings is 1. The van der Waals surface area contributed by atoms with Gasteiger partial charge in [0.1, 0.15) is 5.75 Å². The zero-order valence-corrected chi connectivity index (χ0v) is 10.4. The highest BCUT2D eigenvalue weighted by Crippen LogP contribution is 2.20. The van der Waals surface area contributed by atoms with E-state index >= 15 is 0 Å². The largest absolute Gasteiger partial charge is 0.493 e. The Morgan fingerprint density at radius 1 is 1.27 bits per heavy atom. The number of halogens is 1. The maximum atomic E-state index is 5.72. The van der Waals surface area contributed by atoms with Gasteiger partial charge in [0, 0.05) is 11.8 Å². The molecule has 0 aliphatic carbocycles. The van der Waals surface area contributed by atoms with Gasteiger partial charge in [-0.2, -0.15) is 0 Å². The van der Waals surface area contributed by atoms with E-state index in [2.05, 4.69) is 32.9 Å². The first-order valence-corrected chi connectivity index (χ1v) is 5.95. The highest BCUT2D eigenvalue weighted by atomic mass is 35.5. The quantitative estimate of drug-likeness (QED) is 0.688. The Hall–Kier alpha value is -0.690. The van der Waals surface area contributed by atoms with Gasteiger partial charge in [0.15, 0.2) is 0 Å². The number of alkyl halides is 1. The number of hydrogen-bond donors (Lipinski definition) is 0. The third-order valence-electron chi connectivity index (χ3n) is 2.32. The molecule has 1 aromatic rings. The van der Waals surface area contributed by atoms with Crippen molar-refractivity contribution >= 4 is 11.6 Å². The van der Waals surface area contributed by atoms with Gasteiger partial charge in [-0.1, -0.05) is 32.9 Å². The Bertz CT molecular complexity index is 296. The third kappa shape index (κ3) is 4.13. The van der Waals surface area contributed by atoms with Crippen LogP contribution in [-0.2, 0) is 0 Å². The fourth-order valence-corrected chi connectivity index (χ4v) is 1.34. The fourth-order valence-electron chi connectivity index (χ4n) is 1.25. The van der Waals surface area contributed by atoms with Crippen molar-refractivity contribution in [2.45, 2.75) is 26.7 Å². The van der Waals surface area contributed by atoms with Gasteiger partial charge in [-0.15, -0.1) is 11.6 Å². The van der Waals surface area contributed by atoms with Crippen molar-refractivity contribution in [3.05, 3.63) is 29.8 Å². The van der Waals surface area contributed by atoms with Gasteiger partial charge in [-0.25, -0.2) is 0 Å². The lowest BCUT2D eigenvalue weighted by atomic mass is 10.0. The average molecular weight is 227 g/mol. The molecule has 1 unspecified atom stereocenters. The summed E-state index contributed by atoms with van der Waals surface area (Å²) in [6, 6.07) is 8.26. The van der Waals surface area contributed by atoms with Gasteiger partial charge in [-0.05, 0) is 23.6 Å². The summed E-state index contributed by atoms with van der Waals surface area (Å²) in [5.74, 6) is 2.52. The summed E-state index contributed by atoms with van der Waals surface area (Å²) < 4.78 is 5.67. The molecule has 0 aliphatic rings. The second kappa shape index (κ2) is 6.02. The number of rotatable bonds is 5. The normalized spacial score (nSPS) is 12.9. The van der Waals surface area contributed by atoms with Crippen molar-refractivity contribution < 1.29 is 4.74 Å². The zero-order chi connectivity index (χ0) is 11.3. The average Bonchev–Trinajstić information content (AvgIpc) is 2.26. The number of hydrogen-bond acceptors (Lipinski definition) is 1. The summed E-state index contributed by atoms with van der Waals surface area (Å²) in [7, 11) is 0. The molecule has 1 aromatic carbocycles. The van der Waals surface area contributed by atoms with Crippen molar-refractivity contribution in [1.82, 2.24) is 0 Å². The molecule has 2 heteroatoms. The summed E-state index contributed by atoms with van der Waals surface area (Å²) in [6.07, 6.45) is 0. The number of ether oxygens (including phenoxy) is 1. The molecule has 0 bridgehead atoms. The Morgan fingerprint density at radius 2 is 2.00 bits per heavy atom. The molecule has 0 heterocycles. The Kier molecular flexibility index (Phi) is 4.97. The predicted octanol–water partition coefficient (Wildman–Crippen LogP) is 4.06. The van der Waals surface area contributed by atoms with Crippen LogP contribution in [0.1, 0.15) is 32.3 Å². The molecule has 15 heavy (non-hydrogen) atoms. The summed E-state index contributed by atoms with van der Waals surface area (Å²) in [4.78, 5) is 0. The van der Waals surface area contributed by atoms with E-state index < -0.39 is 0 Å². The molecular formula is C13H19ClO. The third-order valence-corrected chi connectivity index (χ3v) is 2.85. The van der Waals surface area contributed by atoms with Crippen molar-refractivity contribution in [3.63, 3.8) is 0 Å². The molecule has 84 valence electrons. The molecule has 0 aliphatic heterocycles. The molecule has 0 saturated heterocycles. The molecule has 0 radical (unpaired) electrons. The van der Waals surface area contributed by atoms with Gasteiger partial charge in [0.2, 0.25) is 0 Å². The molecule has 0 spiro atoms. The van der Waals surface area contributed by atoms with E-state index in [1.165, 1.54) is 5.56 Å². The standard InChI is InChI=1S/C13H19ClO/c1-10(2)12-5-4-6-13(7-12)15-9-11(3)8-14/h4-7,10-11H,8-9H2,1-3H3. The second-order valence-electron chi connectivity index (χ2n) is 4.30. The molecule has 1 atom stereocenters. The minimum absolute atomic E-state index is 0.398. The van der Waals surface area contributed by atoms with Crippen molar-refractivity contribution in [1.29, 1.82) is 0 Å². The Labute approximate surface area is 97.4 Å². The second-order valence-corrected chi connectivity index (χ2v) is 4.61. The van der Waals surface area contributed by atoms with Crippen LogP contribution in [0.25, 0.3) is 0 Å². The molecule has 0 N–H and O–H groups in total. The van der Waals surface area contributed by atoms with Gasteiger partial charge in [-0.3, -0.25) is 0 Å². The molecular weight excluding hydrogens is 208 g/mol. The lowest BCUT2D eigenvalue weighted by Gasteiger charge is -2.12. The summed E-state index contributed by atoms with van der Waals surface area (Å²) in [6.45, 7) is 7.13. The Balaban J connectivity index is 2.58. The van der Waals surface area contributed by atoms with E-state index in [0.29, 0.717) is 24.3 Å². The summed E-state index contributed by atoms with van der Waals surface area (Å²) in [5.41, 5.74) is 1.31. The smallest absolute Gasteiger partial charge is 0.119 e. The minimum atomic E-state index is 0.398. The Morgan fingerprint density at radius 3 is 2.60 bits per heavy atom. The first kappa shape index (κ1) is 12.4. The predicted molar refractivity (Wildman–Crippen MR) is 65.9 cm³/mol. The van der Waals surface area contributed by atoms with E-state index in [1.54, 1.807) is 0 Å². The van der Waals surface area contributed by atoms with E-state index in [0.717, 1.165) is 5.75 Å². The van der Waals surface area contributed by atoms with E-state index in [4.69, 9.17) is 16.3 Å². The monoisotopic (exact) mass is 226 g/mol. The lowest BCUT2D eigenvalue weighted by molar-refractivity contribution is 0.272. The highest BCUT2D eigenvalue weighted by molar-refractivity contribution is 6.18. The maximum Gasteiger partial charge on any atom is 0.119 e. The van der Waals surface area contributed by atoms with E-state index in [-0.39, 0.29) is 0 Å². The molecule has 1 nitrogen and oxygen atoms in total. The van der Waals surface area contributed by atoms with E-state index in [1.807, 2.05) is 12.1 Å². The van der Waals surface area contributed by atoms with Gasteiger partial charge in [0.05, 0.1) is 6.61 Å². The van der Waals surface area contributed by atoms with E-state index in [9.17, 15) is 0 Å². The molecule has 1 rings (SSSR count). The van der Waals surface area contributed by atoms with Crippen LogP contribution in [0.15, 0.2) is 24.3 Å². The summed E-state index contributed by atoms with van der Waals surface area (Å²) >= 11 is 5.72. The topological polar surface area (TPSA) is 9.23 Å². The molecule has 0 amide bonds. The van der Waals surface area contributed by atoms with Crippen LogP contribution < -0.4 is 4.74 Å². The minimum Gasteiger partial charge on any atom is -0.493 e. The van der Waals surface area contributed by atoms with Gasteiger partial charge < -0.3 is 4.74 Å². The zero-order valence-electron chi connectivity index (χ0n) is 9.66. The van der Waals surface area contributed by atoms with Crippen LogP contribution in [0.3, 0.4) is 0 Å². The first-order chi connectivity index (χ1) is 7.13. The van der Waals surface area contributed by atoms with Crippen LogP contribution in [0.5, 0.6) is 5.75 Å². The van der Waals surface area contributed by atoms with Gasteiger partial charge >= 0.3 is 0 Å². The lowest BCUT2D eigenvalue weighted by Crippen LogP contribution is -2.09. The van der Waals surface area contributed by atoms with Crippen molar-refractivity contribution in [3.8, 4) is 5.75 Å². The molecule has 0 saturated carbocycles. The van der Waals surface area contributed by atoms with Crippen LogP contribution in [0.4, 0.5) is 0 Å². The van der Waals surface area contributed by atoms with Crippen LogP contribution in [0, 0.1) is 5.92 Å². The van der Waals surface area contributed by atoms with Crippen LogP contribution >= 0.6 is 11.6 Å². The van der Waals surface area contributed by atoms with Crippen LogP contribution in [-0.4, -0.2) is 12.5 Å². The molecule has 0 aromatic heterocycles. The van der Waals surface area contributed by atoms with Crippen molar-refractivity contribution in [2.75, 3.05) is 12.5 Å². The molecule has 0 fully saturated rings. The fraction of sp³-hybridized carbons (Fsp3) is 0.538.